The normalized spacial score (nSPS) is 13.5. The Morgan fingerprint density at radius 1 is 1.00 bits per heavy atom. The second-order valence-corrected chi connectivity index (χ2v) is 6.04. The lowest BCUT2D eigenvalue weighted by atomic mass is 9.74. The third kappa shape index (κ3) is 4.56. The van der Waals surface area contributed by atoms with E-state index in [1.165, 1.54) is 0 Å². The molecule has 2 N–H and O–H groups in total. The Hall–Kier alpha value is -2.88. The van der Waals surface area contributed by atoms with Crippen molar-refractivity contribution in [2.45, 2.75) is 25.2 Å². The van der Waals surface area contributed by atoms with E-state index < -0.39 is 17.4 Å². The Kier molecular flexibility index (Phi) is 5.53. The Bertz CT molecular complexity index is 749. The van der Waals surface area contributed by atoms with Crippen LogP contribution < -0.4 is 0 Å². The van der Waals surface area contributed by atoms with Crippen molar-refractivity contribution in [2.24, 2.45) is 0 Å². The summed E-state index contributed by atoms with van der Waals surface area (Å²) in [7, 11) is 0. The monoisotopic (exact) mass is 324 g/mol. The molecule has 1 unspecified atom stereocenters. The summed E-state index contributed by atoms with van der Waals surface area (Å²) in [5.41, 5.74) is 2.07. The minimum Gasteiger partial charge on any atom is -0.481 e. The third-order valence-corrected chi connectivity index (χ3v) is 4.05. The zero-order chi connectivity index (χ0) is 17.6. The van der Waals surface area contributed by atoms with E-state index in [2.05, 4.69) is 0 Å². The molecule has 2 aromatic carbocycles. The van der Waals surface area contributed by atoms with Crippen molar-refractivity contribution in [3.8, 4) is 0 Å². The zero-order valence-electron chi connectivity index (χ0n) is 13.5. The average Bonchev–Trinajstić information content (AvgIpc) is 2.54. The van der Waals surface area contributed by atoms with Gasteiger partial charge in [-0.15, -0.1) is 0 Å². The van der Waals surface area contributed by atoms with E-state index in [4.69, 9.17) is 5.11 Å². The molecule has 2 aromatic rings. The molecule has 124 valence electrons. The molecule has 4 heteroatoms. The molecule has 0 bridgehead atoms. The van der Waals surface area contributed by atoms with Gasteiger partial charge >= 0.3 is 11.9 Å². The predicted octanol–water partition coefficient (Wildman–Crippen LogP) is 3.76. The van der Waals surface area contributed by atoms with Crippen LogP contribution in [0.15, 0.2) is 60.7 Å². The van der Waals surface area contributed by atoms with Gasteiger partial charge in [-0.25, -0.2) is 4.79 Å². The number of benzene rings is 2. The Labute approximate surface area is 141 Å². The number of rotatable bonds is 7. The molecule has 0 saturated carbocycles. The number of hydrogen-bond acceptors (Lipinski definition) is 2. The first-order valence-corrected chi connectivity index (χ1v) is 7.67. The van der Waals surface area contributed by atoms with Crippen LogP contribution in [0.3, 0.4) is 0 Å². The topological polar surface area (TPSA) is 74.6 Å². The highest BCUT2D eigenvalue weighted by molar-refractivity contribution is 5.85. The number of carbonyl (C=O) groups is 2. The first-order valence-electron chi connectivity index (χ1n) is 7.67. The highest BCUT2D eigenvalue weighted by atomic mass is 16.4. The van der Waals surface area contributed by atoms with E-state index in [1.54, 1.807) is 6.08 Å². The van der Waals surface area contributed by atoms with Gasteiger partial charge < -0.3 is 10.2 Å². The fourth-order valence-electron chi connectivity index (χ4n) is 2.88. The van der Waals surface area contributed by atoms with Gasteiger partial charge in [-0.3, -0.25) is 4.79 Å². The van der Waals surface area contributed by atoms with Gasteiger partial charge in [0.25, 0.3) is 0 Å². The first-order chi connectivity index (χ1) is 11.4. The average molecular weight is 324 g/mol. The second kappa shape index (κ2) is 7.59. The predicted molar refractivity (Wildman–Crippen MR) is 92.9 cm³/mol. The molecule has 4 nitrogen and oxygen atoms in total. The smallest absolute Gasteiger partial charge is 0.328 e. The Morgan fingerprint density at radius 3 is 2.25 bits per heavy atom. The summed E-state index contributed by atoms with van der Waals surface area (Å²) in [4.78, 5) is 22.2. The summed E-state index contributed by atoms with van der Waals surface area (Å²) in [6.07, 6.45) is 3.14. The molecule has 2 rings (SSSR count). The van der Waals surface area contributed by atoms with Crippen molar-refractivity contribution in [3.63, 3.8) is 0 Å². The van der Waals surface area contributed by atoms with Crippen LogP contribution in [0.4, 0.5) is 0 Å². The van der Waals surface area contributed by atoms with Gasteiger partial charge in [0.15, 0.2) is 0 Å². The standard InChI is InChI=1S/C20H20O4/c1-20(14-19(23)24,17-9-3-2-4-10-17)13-16-8-6-5-7-15(16)11-12-18(21)22/h2-12H,13-14H2,1H3,(H,21,22)(H,23,24). The first kappa shape index (κ1) is 17.5. The molecular formula is C20H20O4. The maximum absolute atomic E-state index is 11.4. The van der Waals surface area contributed by atoms with E-state index in [0.29, 0.717) is 6.42 Å². The number of aliphatic carboxylic acids is 2. The van der Waals surface area contributed by atoms with Crippen molar-refractivity contribution in [1.29, 1.82) is 0 Å². The fourth-order valence-corrected chi connectivity index (χ4v) is 2.88. The van der Waals surface area contributed by atoms with Gasteiger partial charge in [0, 0.05) is 11.5 Å². The van der Waals surface area contributed by atoms with Gasteiger partial charge in [-0.05, 0) is 29.2 Å². The number of carboxylic acid groups (broad SMARTS) is 2. The summed E-state index contributed by atoms with van der Waals surface area (Å²) in [5, 5.41) is 18.2. The zero-order valence-corrected chi connectivity index (χ0v) is 13.5. The minimum atomic E-state index is -1.01. The molecule has 0 aliphatic rings. The van der Waals surface area contributed by atoms with Gasteiger partial charge in [0.1, 0.15) is 0 Å². The van der Waals surface area contributed by atoms with Crippen molar-refractivity contribution in [1.82, 2.24) is 0 Å². The summed E-state index contributed by atoms with van der Waals surface area (Å²) >= 11 is 0. The second-order valence-electron chi connectivity index (χ2n) is 6.04. The molecular weight excluding hydrogens is 304 g/mol. The maximum Gasteiger partial charge on any atom is 0.328 e. The summed E-state index contributed by atoms with van der Waals surface area (Å²) in [5.74, 6) is -1.87. The van der Waals surface area contributed by atoms with Gasteiger partial charge in [-0.1, -0.05) is 61.5 Å². The van der Waals surface area contributed by atoms with Crippen molar-refractivity contribution >= 4 is 18.0 Å². The quantitative estimate of drug-likeness (QED) is 0.761. The highest BCUT2D eigenvalue weighted by Gasteiger charge is 2.30. The molecule has 0 fully saturated rings. The van der Waals surface area contributed by atoms with Gasteiger partial charge in [-0.2, -0.15) is 0 Å². The van der Waals surface area contributed by atoms with Crippen LogP contribution in [0.25, 0.3) is 6.08 Å². The number of hydrogen-bond donors (Lipinski definition) is 2. The molecule has 1 atom stereocenters. The lowest BCUT2D eigenvalue weighted by molar-refractivity contribution is -0.138. The molecule has 0 radical (unpaired) electrons. The lowest BCUT2D eigenvalue weighted by Gasteiger charge is -2.29. The van der Waals surface area contributed by atoms with Crippen molar-refractivity contribution in [3.05, 3.63) is 77.4 Å². The van der Waals surface area contributed by atoms with E-state index >= 15 is 0 Å². The molecule has 0 saturated heterocycles. The lowest BCUT2D eigenvalue weighted by Crippen LogP contribution is -2.28. The Morgan fingerprint density at radius 2 is 1.62 bits per heavy atom. The van der Waals surface area contributed by atoms with E-state index in [-0.39, 0.29) is 6.42 Å². The van der Waals surface area contributed by atoms with E-state index in [0.717, 1.165) is 22.8 Å². The molecule has 0 aliphatic carbocycles. The number of carboxylic acids is 2. The van der Waals surface area contributed by atoms with Crippen molar-refractivity contribution < 1.29 is 19.8 Å². The summed E-state index contributed by atoms with van der Waals surface area (Å²) in [6, 6.07) is 17.0. The van der Waals surface area contributed by atoms with E-state index in [1.807, 2.05) is 61.5 Å². The molecule has 0 amide bonds. The van der Waals surface area contributed by atoms with Crippen LogP contribution in [-0.4, -0.2) is 22.2 Å². The van der Waals surface area contributed by atoms with Crippen LogP contribution in [0.1, 0.15) is 30.0 Å². The Balaban J connectivity index is 2.41. The van der Waals surface area contributed by atoms with Gasteiger partial charge in [0.05, 0.1) is 6.42 Å². The van der Waals surface area contributed by atoms with Crippen LogP contribution >= 0.6 is 0 Å². The minimum absolute atomic E-state index is 0.00596. The molecule has 0 spiro atoms. The van der Waals surface area contributed by atoms with Crippen LogP contribution in [0.5, 0.6) is 0 Å². The molecule has 0 aromatic heterocycles. The van der Waals surface area contributed by atoms with E-state index in [9.17, 15) is 14.7 Å². The van der Waals surface area contributed by atoms with Crippen LogP contribution in [0, 0.1) is 0 Å². The maximum atomic E-state index is 11.4. The fraction of sp³-hybridized carbons (Fsp3) is 0.200. The summed E-state index contributed by atoms with van der Waals surface area (Å²) < 4.78 is 0. The summed E-state index contributed by atoms with van der Waals surface area (Å²) in [6.45, 7) is 1.92. The molecule has 0 heterocycles. The molecule has 24 heavy (non-hydrogen) atoms. The van der Waals surface area contributed by atoms with Crippen molar-refractivity contribution in [2.75, 3.05) is 0 Å². The van der Waals surface area contributed by atoms with Crippen LogP contribution in [-0.2, 0) is 21.4 Å². The highest BCUT2D eigenvalue weighted by Crippen LogP contribution is 2.33. The van der Waals surface area contributed by atoms with Crippen LogP contribution in [0.2, 0.25) is 0 Å². The molecule has 0 aliphatic heterocycles. The third-order valence-electron chi connectivity index (χ3n) is 4.05. The SMILES string of the molecule is CC(CC(=O)O)(Cc1ccccc1C=CC(=O)O)c1ccccc1. The van der Waals surface area contributed by atoms with Gasteiger partial charge in [0.2, 0.25) is 0 Å². The largest absolute Gasteiger partial charge is 0.481 e.